The van der Waals surface area contributed by atoms with E-state index in [0.29, 0.717) is 19.6 Å². The van der Waals surface area contributed by atoms with Gasteiger partial charge in [0.2, 0.25) is 5.91 Å². The number of aromatic amines is 1. The lowest BCUT2D eigenvalue weighted by molar-refractivity contribution is -0.126. The van der Waals surface area contributed by atoms with E-state index in [1.165, 1.54) is 0 Å². The summed E-state index contributed by atoms with van der Waals surface area (Å²) in [6.07, 6.45) is 1.51. The van der Waals surface area contributed by atoms with Crippen LogP contribution in [-0.4, -0.2) is 60.3 Å². The molecule has 3 aromatic rings. The number of benzene rings is 2. The Hall–Kier alpha value is -2.71. The molecule has 1 fully saturated rings. The van der Waals surface area contributed by atoms with E-state index in [0.717, 1.165) is 35.3 Å². The number of carbonyl (C=O) groups is 1. The molecule has 4 rings (SSSR count). The van der Waals surface area contributed by atoms with Gasteiger partial charge < -0.3 is 10.3 Å². The zero-order valence-electron chi connectivity index (χ0n) is 16.8. The number of carbonyl (C=O) groups excluding carboxylic acids is 1. The zero-order chi connectivity index (χ0) is 21.0. The fraction of sp³-hybridized carbons (Fsp3) is 0.364. The second-order valence-electron chi connectivity index (χ2n) is 7.60. The SMILES string of the molecule is O=C(NCCCc1nc2ccccc2[nH]1)C(c1ccccc1)N1CCS(=O)(=O)CC1. The summed E-state index contributed by atoms with van der Waals surface area (Å²) in [5.74, 6) is 1.00. The highest BCUT2D eigenvalue weighted by Gasteiger charge is 2.32. The number of H-pyrrole nitrogens is 1. The van der Waals surface area contributed by atoms with E-state index in [-0.39, 0.29) is 17.4 Å². The molecule has 0 bridgehead atoms. The minimum atomic E-state index is -3.00. The molecule has 0 saturated carbocycles. The first kappa shape index (κ1) is 20.6. The summed E-state index contributed by atoms with van der Waals surface area (Å²) in [5.41, 5.74) is 2.84. The van der Waals surface area contributed by atoms with Crippen LogP contribution in [0, 0.1) is 0 Å². The van der Waals surface area contributed by atoms with Gasteiger partial charge in [0.05, 0.1) is 22.5 Å². The number of hydrogen-bond acceptors (Lipinski definition) is 5. The molecule has 0 radical (unpaired) electrons. The van der Waals surface area contributed by atoms with E-state index in [1.54, 1.807) is 0 Å². The lowest BCUT2D eigenvalue weighted by Gasteiger charge is -2.33. The smallest absolute Gasteiger partial charge is 0.241 e. The van der Waals surface area contributed by atoms with Crippen molar-refractivity contribution >= 4 is 26.8 Å². The third-order valence-electron chi connectivity index (χ3n) is 5.44. The van der Waals surface area contributed by atoms with Crippen molar-refractivity contribution in [2.24, 2.45) is 0 Å². The van der Waals surface area contributed by atoms with E-state index < -0.39 is 15.9 Å². The van der Waals surface area contributed by atoms with Crippen LogP contribution in [0.1, 0.15) is 23.9 Å². The maximum atomic E-state index is 13.0. The van der Waals surface area contributed by atoms with Gasteiger partial charge in [0, 0.05) is 26.1 Å². The summed E-state index contributed by atoms with van der Waals surface area (Å²) in [4.78, 5) is 22.9. The maximum absolute atomic E-state index is 13.0. The minimum Gasteiger partial charge on any atom is -0.354 e. The summed E-state index contributed by atoms with van der Waals surface area (Å²) >= 11 is 0. The summed E-state index contributed by atoms with van der Waals surface area (Å²) < 4.78 is 23.6. The first-order valence-electron chi connectivity index (χ1n) is 10.2. The molecule has 0 aliphatic carbocycles. The van der Waals surface area contributed by atoms with Crippen molar-refractivity contribution in [1.82, 2.24) is 20.2 Å². The van der Waals surface area contributed by atoms with Crippen molar-refractivity contribution in [1.29, 1.82) is 0 Å². The Balaban J connectivity index is 1.36. The fourth-order valence-electron chi connectivity index (χ4n) is 3.84. The van der Waals surface area contributed by atoms with Crippen LogP contribution in [0.3, 0.4) is 0 Å². The number of para-hydroxylation sites is 2. The Morgan fingerprint density at radius 3 is 2.50 bits per heavy atom. The lowest BCUT2D eigenvalue weighted by Crippen LogP contribution is -2.47. The van der Waals surface area contributed by atoms with Crippen molar-refractivity contribution in [3.63, 3.8) is 0 Å². The van der Waals surface area contributed by atoms with E-state index in [9.17, 15) is 13.2 Å². The van der Waals surface area contributed by atoms with Crippen LogP contribution in [0.15, 0.2) is 54.6 Å². The molecule has 1 unspecified atom stereocenters. The Kier molecular flexibility index (Phi) is 6.15. The van der Waals surface area contributed by atoms with Gasteiger partial charge in [-0.15, -0.1) is 0 Å². The monoisotopic (exact) mass is 426 g/mol. The van der Waals surface area contributed by atoms with Crippen molar-refractivity contribution in [3.05, 3.63) is 66.0 Å². The number of aromatic nitrogens is 2. The van der Waals surface area contributed by atoms with Gasteiger partial charge >= 0.3 is 0 Å². The molecule has 2 heterocycles. The predicted molar refractivity (Wildman–Crippen MR) is 117 cm³/mol. The second kappa shape index (κ2) is 8.97. The first-order valence-corrected chi connectivity index (χ1v) is 12.0. The highest BCUT2D eigenvalue weighted by molar-refractivity contribution is 7.91. The molecule has 1 aliphatic heterocycles. The largest absolute Gasteiger partial charge is 0.354 e. The summed E-state index contributed by atoms with van der Waals surface area (Å²) in [5, 5.41) is 3.03. The molecule has 8 heteroatoms. The Morgan fingerprint density at radius 1 is 1.07 bits per heavy atom. The second-order valence-corrected chi connectivity index (χ2v) is 9.90. The van der Waals surface area contributed by atoms with Gasteiger partial charge in [0.1, 0.15) is 11.9 Å². The van der Waals surface area contributed by atoms with Crippen molar-refractivity contribution in [2.45, 2.75) is 18.9 Å². The molecule has 1 aliphatic rings. The normalized spacial score (nSPS) is 17.6. The van der Waals surface area contributed by atoms with Gasteiger partial charge in [-0.2, -0.15) is 0 Å². The number of imidazole rings is 1. The Labute approximate surface area is 176 Å². The lowest BCUT2D eigenvalue weighted by atomic mass is 10.0. The standard InChI is InChI=1S/C22H26N4O3S/c27-22(23-12-6-11-20-24-18-9-4-5-10-19(18)25-20)21(17-7-2-1-3-8-17)26-13-15-30(28,29)16-14-26/h1-5,7-10,21H,6,11-16H2,(H,23,27)(H,24,25). The van der Waals surface area contributed by atoms with Crippen LogP contribution < -0.4 is 5.32 Å². The van der Waals surface area contributed by atoms with Gasteiger partial charge in [-0.3, -0.25) is 9.69 Å². The maximum Gasteiger partial charge on any atom is 0.241 e. The Bertz CT molecular complexity index is 1060. The number of sulfone groups is 1. The number of amides is 1. The highest BCUT2D eigenvalue weighted by Crippen LogP contribution is 2.23. The number of aryl methyl sites for hydroxylation is 1. The van der Waals surface area contributed by atoms with Crippen molar-refractivity contribution in [3.8, 4) is 0 Å². The molecular formula is C22H26N4O3S. The molecule has 1 amide bonds. The zero-order valence-corrected chi connectivity index (χ0v) is 17.6. The number of fused-ring (bicyclic) bond motifs is 1. The molecule has 2 aromatic carbocycles. The van der Waals surface area contributed by atoms with E-state index >= 15 is 0 Å². The first-order chi connectivity index (χ1) is 14.5. The topological polar surface area (TPSA) is 95.2 Å². The van der Waals surface area contributed by atoms with E-state index in [2.05, 4.69) is 15.3 Å². The number of nitrogens with zero attached hydrogens (tertiary/aromatic N) is 2. The van der Waals surface area contributed by atoms with Gasteiger partial charge in [0.25, 0.3) is 0 Å². The molecule has 158 valence electrons. The molecule has 30 heavy (non-hydrogen) atoms. The quantitative estimate of drug-likeness (QED) is 0.564. The number of hydrogen-bond donors (Lipinski definition) is 2. The van der Waals surface area contributed by atoms with Crippen LogP contribution in [0.5, 0.6) is 0 Å². The molecule has 1 atom stereocenters. The van der Waals surface area contributed by atoms with Crippen LogP contribution in [0.4, 0.5) is 0 Å². The number of nitrogens with one attached hydrogen (secondary N) is 2. The van der Waals surface area contributed by atoms with Crippen molar-refractivity contribution < 1.29 is 13.2 Å². The molecular weight excluding hydrogens is 400 g/mol. The Morgan fingerprint density at radius 2 is 1.77 bits per heavy atom. The molecule has 2 N–H and O–H groups in total. The summed E-state index contributed by atoms with van der Waals surface area (Å²) in [6.45, 7) is 1.27. The van der Waals surface area contributed by atoms with E-state index in [1.807, 2.05) is 59.5 Å². The van der Waals surface area contributed by atoms with Gasteiger partial charge in [-0.25, -0.2) is 13.4 Å². The predicted octanol–water partition coefficient (Wildman–Crippen LogP) is 2.08. The summed E-state index contributed by atoms with van der Waals surface area (Å²) in [6, 6.07) is 17.0. The van der Waals surface area contributed by atoms with Crippen molar-refractivity contribution in [2.75, 3.05) is 31.1 Å². The third-order valence-corrected chi connectivity index (χ3v) is 7.04. The third kappa shape index (κ3) is 4.88. The van der Waals surface area contributed by atoms with Gasteiger partial charge in [-0.1, -0.05) is 42.5 Å². The average molecular weight is 427 g/mol. The van der Waals surface area contributed by atoms with Gasteiger partial charge in [-0.05, 0) is 24.1 Å². The molecule has 1 saturated heterocycles. The van der Waals surface area contributed by atoms with Gasteiger partial charge in [0.15, 0.2) is 9.84 Å². The molecule has 1 aromatic heterocycles. The van der Waals surface area contributed by atoms with Crippen LogP contribution in [0.2, 0.25) is 0 Å². The molecule has 0 spiro atoms. The van der Waals surface area contributed by atoms with E-state index in [4.69, 9.17) is 0 Å². The van der Waals surface area contributed by atoms with Crippen LogP contribution >= 0.6 is 0 Å². The minimum absolute atomic E-state index is 0.0925. The molecule has 7 nitrogen and oxygen atoms in total. The van der Waals surface area contributed by atoms with Crippen LogP contribution in [-0.2, 0) is 21.1 Å². The highest BCUT2D eigenvalue weighted by atomic mass is 32.2. The fourth-order valence-corrected chi connectivity index (χ4v) is 5.07. The summed E-state index contributed by atoms with van der Waals surface area (Å²) in [7, 11) is -3.00. The average Bonchev–Trinajstić information content (AvgIpc) is 3.16. The van der Waals surface area contributed by atoms with Crippen LogP contribution in [0.25, 0.3) is 11.0 Å². The number of rotatable bonds is 7.